The van der Waals surface area contributed by atoms with Gasteiger partial charge in [0.05, 0.1) is 13.5 Å². The number of hydrogen-bond acceptors (Lipinski definition) is 4. The lowest BCUT2D eigenvalue weighted by molar-refractivity contribution is -0.120. The minimum absolute atomic E-state index is 0.0906. The average molecular weight is 444 g/mol. The normalized spacial score (nSPS) is 10.6. The molecule has 0 aliphatic rings. The third-order valence-electron chi connectivity index (χ3n) is 5.20. The predicted molar refractivity (Wildman–Crippen MR) is 127 cm³/mol. The van der Waals surface area contributed by atoms with Crippen molar-refractivity contribution in [2.75, 3.05) is 12.4 Å². The van der Waals surface area contributed by atoms with Crippen molar-refractivity contribution in [3.05, 3.63) is 89.9 Å². The number of carbonyl (C=O) groups is 2. The van der Waals surface area contributed by atoms with Crippen LogP contribution in [0.2, 0.25) is 0 Å². The summed E-state index contributed by atoms with van der Waals surface area (Å²) in [6.45, 7) is 0.766. The van der Waals surface area contributed by atoms with E-state index in [1.54, 1.807) is 25.6 Å². The molecular weight excluding hydrogens is 418 g/mol. The molecule has 33 heavy (non-hydrogen) atoms. The Morgan fingerprint density at radius 1 is 0.970 bits per heavy atom. The molecule has 4 rings (SSSR count). The minimum atomic E-state index is -0.303. The fraction of sp³-hybridized carbons (Fsp3) is 0.160. The number of methoxy groups -OCH3 is 1. The molecule has 0 aliphatic carbocycles. The van der Waals surface area contributed by atoms with E-state index in [-0.39, 0.29) is 18.4 Å². The molecule has 2 aromatic heterocycles. The molecular formula is C25H25N5O3. The van der Waals surface area contributed by atoms with Crippen molar-refractivity contribution in [1.29, 1.82) is 0 Å². The zero-order valence-corrected chi connectivity index (χ0v) is 18.2. The van der Waals surface area contributed by atoms with Gasteiger partial charge in [-0.15, -0.1) is 0 Å². The molecule has 0 bridgehead atoms. The molecule has 4 aromatic rings. The van der Waals surface area contributed by atoms with E-state index >= 15 is 0 Å². The van der Waals surface area contributed by atoms with Crippen LogP contribution in [0.5, 0.6) is 5.75 Å². The zero-order chi connectivity index (χ0) is 23.0. The van der Waals surface area contributed by atoms with E-state index in [2.05, 4.69) is 25.9 Å². The van der Waals surface area contributed by atoms with Crippen molar-refractivity contribution in [3.63, 3.8) is 0 Å². The molecule has 0 radical (unpaired) electrons. The predicted octanol–water partition coefficient (Wildman–Crippen LogP) is 3.75. The molecule has 2 heterocycles. The molecule has 0 saturated heterocycles. The van der Waals surface area contributed by atoms with Crippen molar-refractivity contribution in [3.8, 4) is 5.75 Å². The van der Waals surface area contributed by atoms with Crippen molar-refractivity contribution in [2.45, 2.75) is 19.5 Å². The number of amides is 3. The number of hydrogen-bond donors (Lipinski definition) is 4. The summed E-state index contributed by atoms with van der Waals surface area (Å²) in [6.07, 6.45) is 5.46. The summed E-state index contributed by atoms with van der Waals surface area (Å²) in [6, 6.07) is 16.5. The Morgan fingerprint density at radius 3 is 2.61 bits per heavy atom. The summed E-state index contributed by atoms with van der Waals surface area (Å²) in [5.41, 5.74) is 4.36. The molecule has 0 saturated carbocycles. The molecule has 0 unspecified atom stereocenters. The minimum Gasteiger partial charge on any atom is -0.497 e. The van der Waals surface area contributed by atoms with Gasteiger partial charge in [0.25, 0.3) is 0 Å². The molecule has 0 aliphatic heterocycles. The van der Waals surface area contributed by atoms with Crippen molar-refractivity contribution < 1.29 is 14.3 Å². The fourth-order valence-electron chi connectivity index (χ4n) is 3.48. The Bertz CT molecular complexity index is 1250. The van der Waals surface area contributed by atoms with Gasteiger partial charge in [0.15, 0.2) is 0 Å². The van der Waals surface area contributed by atoms with E-state index in [0.29, 0.717) is 18.8 Å². The number of carbonyl (C=O) groups excluding carboxylic acids is 2. The van der Waals surface area contributed by atoms with Gasteiger partial charge in [-0.25, -0.2) is 4.79 Å². The molecule has 0 spiro atoms. The molecule has 2 aromatic carbocycles. The van der Waals surface area contributed by atoms with Gasteiger partial charge in [-0.2, -0.15) is 0 Å². The first-order valence-corrected chi connectivity index (χ1v) is 10.5. The van der Waals surface area contributed by atoms with E-state index < -0.39 is 0 Å². The standard InChI is InChI=1S/C25H25N5O3/c1-33-21-5-6-23-22(13-21)19(16-27-23)12-24(31)28-15-18-3-2-4-20(11-18)30-25(32)29-14-17-7-9-26-10-8-17/h2-11,13,16,27H,12,14-15H2,1H3,(H,28,31)(H2,29,30,32). The van der Waals surface area contributed by atoms with Crippen molar-refractivity contribution >= 4 is 28.5 Å². The second-order valence-corrected chi connectivity index (χ2v) is 7.54. The summed E-state index contributed by atoms with van der Waals surface area (Å²) in [5.74, 6) is 0.657. The Labute approximate surface area is 191 Å². The van der Waals surface area contributed by atoms with Gasteiger partial charge < -0.3 is 25.7 Å². The van der Waals surface area contributed by atoms with Crippen LogP contribution in [0.15, 0.2) is 73.2 Å². The van der Waals surface area contributed by atoms with E-state index in [9.17, 15) is 9.59 Å². The fourth-order valence-corrected chi connectivity index (χ4v) is 3.48. The number of pyridine rings is 1. The number of fused-ring (bicyclic) bond motifs is 1. The smallest absolute Gasteiger partial charge is 0.319 e. The lowest BCUT2D eigenvalue weighted by Gasteiger charge is -2.10. The third-order valence-corrected chi connectivity index (χ3v) is 5.20. The largest absolute Gasteiger partial charge is 0.497 e. The first-order valence-electron chi connectivity index (χ1n) is 10.5. The van der Waals surface area contributed by atoms with Crippen LogP contribution in [-0.4, -0.2) is 29.0 Å². The highest BCUT2D eigenvalue weighted by Gasteiger charge is 2.10. The zero-order valence-electron chi connectivity index (χ0n) is 18.2. The van der Waals surface area contributed by atoms with Gasteiger partial charge in [0, 0.05) is 48.3 Å². The molecule has 8 heteroatoms. The monoisotopic (exact) mass is 443 g/mol. The number of ether oxygens (including phenoxy) is 1. The third kappa shape index (κ3) is 5.88. The van der Waals surface area contributed by atoms with Gasteiger partial charge in [0.2, 0.25) is 5.91 Å². The number of rotatable bonds is 8. The van der Waals surface area contributed by atoms with Crippen LogP contribution in [0.1, 0.15) is 16.7 Å². The summed E-state index contributed by atoms with van der Waals surface area (Å²) in [4.78, 5) is 31.8. The van der Waals surface area contributed by atoms with E-state index in [1.165, 1.54) is 0 Å². The maximum absolute atomic E-state index is 12.5. The van der Waals surface area contributed by atoms with Gasteiger partial charge in [-0.05, 0) is 59.2 Å². The number of H-pyrrole nitrogens is 1. The van der Waals surface area contributed by atoms with Crippen LogP contribution in [0.3, 0.4) is 0 Å². The maximum atomic E-state index is 12.5. The first-order chi connectivity index (χ1) is 16.1. The van der Waals surface area contributed by atoms with Crippen molar-refractivity contribution in [1.82, 2.24) is 20.6 Å². The SMILES string of the molecule is COc1ccc2[nH]cc(CC(=O)NCc3cccc(NC(=O)NCc4ccncc4)c3)c2c1. The second kappa shape index (κ2) is 10.3. The molecule has 3 amide bonds. The summed E-state index contributed by atoms with van der Waals surface area (Å²) < 4.78 is 5.28. The van der Waals surface area contributed by atoms with Crippen LogP contribution in [-0.2, 0) is 24.3 Å². The summed E-state index contributed by atoms with van der Waals surface area (Å²) in [7, 11) is 1.62. The Balaban J connectivity index is 1.29. The van der Waals surface area contributed by atoms with Crippen molar-refractivity contribution in [2.24, 2.45) is 0 Å². The maximum Gasteiger partial charge on any atom is 0.319 e. The molecule has 0 fully saturated rings. The molecule has 4 N–H and O–H groups in total. The number of benzene rings is 2. The Morgan fingerprint density at radius 2 is 1.79 bits per heavy atom. The number of anilines is 1. The summed E-state index contributed by atoms with van der Waals surface area (Å²) in [5, 5.41) is 9.52. The quantitative estimate of drug-likeness (QED) is 0.333. The van der Waals surface area contributed by atoms with Gasteiger partial charge >= 0.3 is 6.03 Å². The second-order valence-electron chi connectivity index (χ2n) is 7.54. The van der Waals surface area contributed by atoms with Gasteiger partial charge in [0.1, 0.15) is 5.75 Å². The average Bonchev–Trinajstić information content (AvgIpc) is 3.24. The summed E-state index contributed by atoms with van der Waals surface area (Å²) >= 11 is 0. The highest BCUT2D eigenvalue weighted by molar-refractivity contribution is 5.90. The first kappa shape index (κ1) is 21.9. The van der Waals surface area contributed by atoms with Crippen LogP contribution in [0.4, 0.5) is 10.5 Å². The van der Waals surface area contributed by atoms with Gasteiger partial charge in [-0.3, -0.25) is 9.78 Å². The number of nitrogens with one attached hydrogen (secondary N) is 4. The van der Waals surface area contributed by atoms with E-state index in [0.717, 1.165) is 33.3 Å². The highest BCUT2D eigenvalue weighted by atomic mass is 16.5. The topological polar surface area (TPSA) is 108 Å². The number of nitrogens with zero attached hydrogens (tertiary/aromatic N) is 1. The molecule has 168 valence electrons. The number of aromatic nitrogens is 2. The van der Waals surface area contributed by atoms with Crippen LogP contribution in [0, 0.1) is 0 Å². The van der Waals surface area contributed by atoms with Crippen LogP contribution in [0.25, 0.3) is 10.9 Å². The van der Waals surface area contributed by atoms with Crippen LogP contribution >= 0.6 is 0 Å². The lowest BCUT2D eigenvalue weighted by atomic mass is 10.1. The highest BCUT2D eigenvalue weighted by Crippen LogP contribution is 2.24. The lowest BCUT2D eigenvalue weighted by Crippen LogP contribution is -2.28. The molecule has 0 atom stereocenters. The van der Waals surface area contributed by atoms with E-state index in [1.807, 2.05) is 54.7 Å². The molecule has 8 nitrogen and oxygen atoms in total. The number of aromatic amines is 1. The Hall–Kier alpha value is -4.33. The number of urea groups is 1. The van der Waals surface area contributed by atoms with Crippen LogP contribution < -0.4 is 20.7 Å². The van der Waals surface area contributed by atoms with E-state index in [4.69, 9.17) is 4.74 Å². The van der Waals surface area contributed by atoms with Gasteiger partial charge in [-0.1, -0.05) is 12.1 Å². The Kier molecular flexibility index (Phi) is 6.84.